The molecule has 0 N–H and O–H groups in total. The van der Waals surface area contributed by atoms with Crippen molar-refractivity contribution in [3.05, 3.63) is 0 Å². The van der Waals surface area contributed by atoms with Gasteiger partial charge in [0.25, 0.3) is 0 Å². The summed E-state index contributed by atoms with van der Waals surface area (Å²) in [5, 5.41) is 0. The lowest BCUT2D eigenvalue weighted by Gasteiger charge is -2.60. The number of hydrogen-bond acceptors (Lipinski definition) is 5. The fraction of sp³-hybridized carbons (Fsp3) is 0.895. The summed E-state index contributed by atoms with van der Waals surface area (Å²) in [6, 6.07) is 0. The van der Waals surface area contributed by atoms with E-state index in [-0.39, 0.29) is 12.2 Å². The van der Waals surface area contributed by atoms with E-state index in [2.05, 4.69) is 19.8 Å². The first-order chi connectivity index (χ1) is 11.5. The molecular weight excluding hydrogens is 308 g/mol. The normalized spacial score (nSPS) is 53.1. The van der Waals surface area contributed by atoms with E-state index in [4.69, 9.17) is 30.4 Å². The fourth-order valence-electron chi connectivity index (χ4n) is 5.30. The smallest absolute Gasteiger partial charge is 0.201 e. The Kier molecular flexibility index (Phi) is 4.18. The Labute approximate surface area is 144 Å². The quantitative estimate of drug-likeness (QED) is 0.450. The van der Waals surface area contributed by atoms with Gasteiger partial charge in [0, 0.05) is 24.7 Å². The van der Waals surface area contributed by atoms with Crippen molar-refractivity contribution in [3.8, 4) is 12.3 Å². The molecular formula is C19H28O5. The lowest BCUT2D eigenvalue weighted by atomic mass is 9.58. The van der Waals surface area contributed by atoms with Crippen LogP contribution in [0.2, 0.25) is 0 Å². The number of ether oxygens (including phenoxy) is 3. The third kappa shape index (κ3) is 2.35. The van der Waals surface area contributed by atoms with E-state index in [1.807, 2.05) is 6.92 Å². The van der Waals surface area contributed by atoms with E-state index in [1.165, 1.54) is 6.42 Å². The van der Waals surface area contributed by atoms with Gasteiger partial charge in [-0.2, -0.15) is 0 Å². The molecule has 1 unspecified atom stereocenters. The van der Waals surface area contributed by atoms with Crippen LogP contribution in [0.1, 0.15) is 52.9 Å². The molecule has 0 aromatic carbocycles. The summed E-state index contributed by atoms with van der Waals surface area (Å²) < 4.78 is 18.5. The third-order valence-electron chi connectivity index (χ3n) is 6.63. The van der Waals surface area contributed by atoms with Crippen LogP contribution >= 0.6 is 0 Å². The Hall–Kier alpha value is -0.640. The zero-order valence-electron chi connectivity index (χ0n) is 14.8. The van der Waals surface area contributed by atoms with Gasteiger partial charge in [-0.3, -0.25) is 0 Å². The fourth-order valence-corrected chi connectivity index (χ4v) is 5.30. The van der Waals surface area contributed by atoms with Gasteiger partial charge in [0.2, 0.25) is 5.79 Å². The van der Waals surface area contributed by atoms with Gasteiger partial charge in [0.05, 0.1) is 6.61 Å². The number of hydrogen-bond donors (Lipinski definition) is 0. The van der Waals surface area contributed by atoms with E-state index in [0.717, 1.165) is 19.3 Å². The lowest BCUT2D eigenvalue weighted by molar-refractivity contribution is -0.577. The summed E-state index contributed by atoms with van der Waals surface area (Å²) in [5.74, 6) is 3.36. The van der Waals surface area contributed by atoms with Crippen LogP contribution < -0.4 is 0 Å². The highest BCUT2D eigenvalue weighted by Crippen LogP contribution is 2.60. The molecule has 4 aliphatic heterocycles. The molecule has 1 saturated carbocycles. The minimum absolute atomic E-state index is 0.212. The van der Waals surface area contributed by atoms with E-state index in [1.54, 1.807) is 0 Å². The predicted octanol–water partition coefficient (Wildman–Crippen LogP) is 3.23. The minimum atomic E-state index is -0.735. The zero-order valence-corrected chi connectivity index (χ0v) is 14.8. The third-order valence-corrected chi connectivity index (χ3v) is 6.63. The number of terminal acetylenes is 1. The van der Waals surface area contributed by atoms with Crippen LogP contribution in [-0.4, -0.2) is 30.6 Å². The highest BCUT2D eigenvalue weighted by atomic mass is 17.3. The Morgan fingerprint density at radius 2 is 2.00 bits per heavy atom. The maximum atomic E-state index is 6.29. The van der Waals surface area contributed by atoms with Crippen molar-refractivity contribution >= 4 is 0 Å². The zero-order chi connectivity index (χ0) is 16.9. The summed E-state index contributed by atoms with van der Waals surface area (Å²) in [7, 11) is 0. The van der Waals surface area contributed by atoms with Gasteiger partial charge in [-0.05, 0) is 38.0 Å². The van der Waals surface area contributed by atoms with Crippen molar-refractivity contribution in [2.75, 3.05) is 6.61 Å². The molecule has 1 spiro atoms. The van der Waals surface area contributed by atoms with Crippen molar-refractivity contribution in [2.45, 2.75) is 76.8 Å². The first-order valence-corrected chi connectivity index (χ1v) is 9.25. The molecule has 1 aliphatic carbocycles. The molecule has 5 aliphatic rings. The molecule has 134 valence electrons. The molecule has 5 rings (SSSR count). The van der Waals surface area contributed by atoms with Gasteiger partial charge in [-0.15, -0.1) is 12.3 Å². The molecule has 0 aromatic heterocycles. The Morgan fingerprint density at radius 1 is 1.17 bits per heavy atom. The van der Waals surface area contributed by atoms with Crippen LogP contribution in [-0.2, 0) is 24.0 Å². The second-order valence-electron chi connectivity index (χ2n) is 8.10. The van der Waals surface area contributed by atoms with Crippen molar-refractivity contribution in [1.29, 1.82) is 0 Å². The summed E-state index contributed by atoms with van der Waals surface area (Å²) in [6.07, 6.45) is 9.33. The molecule has 5 heteroatoms. The first-order valence-electron chi connectivity index (χ1n) is 9.25. The largest absolute Gasteiger partial charge is 0.351 e. The number of rotatable bonds is 3. The highest BCUT2D eigenvalue weighted by molar-refractivity contribution is 5.09. The van der Waals surface area contributed by atoms with Gasteiger partial charge >= 0.3 is 0 Å². The summed E-state index contributed by atoms with van der Waals surface area (Å²) in [5.41, 5.74) is -0.515. The summed E-state index contributed by atoms with van der Waals surface area (Å²) >= 11 is 0. The number of fused-ring (bicyclic) bond motifs is 2. The maximum absolute atomic E-state index is 6.29. The lowest BCUT2D eigenvalue weighted by Crippen LogP contribution is -2.70. The van der Waals surface area contributed by atoms with Gasteiger partial charge in [0.15, 0.2) is 18.2 Å². The molecule has 0 amide bonds. The SMILES string of the molecule is C#CCCO[C@@H]1O[C@@H]2OC3(C)CC[C@H]4[C@H](C)CC[C@@H]([C@H]1C)[C@@]24OO3. The molecule has 5 fully saturated rings. The van der Waals surface area contributed by atoms with Crippen LogP contribution in [0.5, 0.6) is 0 Å². The minimum Gasteiger partial charge on any atom is -0.351 e. The van der Waals surface area contributed by atoms with Gasteiger partial charge in [-0.25, -0.2) is 9.78 Å². The molecule has 2 bridgehead atoms. The predicted molar refractivity (Wildman–Crippen MR) is 86.2 cm³/mol. The Morgan fingerprint density at radius 3 is 2.79 bits per heavy atom. The van der Waals surface area contributed by atoms with Crippen molar-refractivity contribution < 1.29 is 24.0 Å². The molecule has 0 radical (unpaired) electrons. The monoisotopic (exact) mass is 336 g/mol. The van der Waals surface area contributed by atoms with Crippen LogP contribution in [0.15, 0.2) is 0 Å². The van der Waals surface area contributed by atoms with Crippen LogP contribution in [0, 0.1) is 36.0 Å². The van der Waals surface area contributed by atoms with Gasteiger partial charge in [0.1, 0.15) is 0 Å². The second-order valence-corrected chi connectivity index (χ2v) is 8.10. The summed E-state index contributed by atoms with van der Waals surface area (Å²) in [4.78, 5) is 11.9. The van der Waals surface area contributed by atoms with E-state index in [0.29, 0.717) is 30.8 Å². The van der Waals surface area contributed by atoms with Gasteiger partial charge in [-0.1, -0.05) is 13.8 Å². The molecule has 5 nitrogen and oxygen atoms in total. The first kappa shape index (κ1) is 16.8. The Balaban J connectivity index is 1.66. The maximum Gasteiger partial charge on any atom is 0.201 e. The standard InChI is InChI=1S/C19H28O5/c1-5-6-11-20-16-13(3)15-8-7-12(2)14-9-10-18(4)22-17(21-16)19(14,15)24-23-18/h1,12-17H,6-11H2,2-4H3/t12-,13-,14+,15+,16-,17-,18?,19-/m1/s1. The average molecular weight is 336 g/mol. The van der Waals surface area contributed by atoms with E-state index >= 15 is 0 Å². The van der Waals surface area contributed by atoms with Crippen LogP contribution in [0.25, 0.3) is 0 Å². The second kappa shape index (κ2) is 5.96. The summed E-state index contributed by atoms with van der Waals surface area (Å²) in [6.45, 7) is 6.95. The van der Waals surface area contributed by atoms with E-state index < -0.39 is 17.7 Å². The van der Waals surface area contributed by atoms with Crippen LogP contribution in [0.3, 0.4) is 0 Å². The van der Waals surface area contributed by atoms with Crippen molar-refractivity contribution in [3.63, 3.8) is 0 Å². The van der Waals surface area contributed by atoms with E-state index in [9.17, 15) is 0 Å². The van der Waals surface area contributed by atoms with Crippen molar-refractivity contribution in [1.82, 2.24) is 0 Å². The molecule has 8 atom stereocenters. The Bertz CT molecular complexity index is 530. The van der Waals surface area contributed by atoms with Crippen molar-refractivity contribution in [2.24, 2.45) is 23.7 Å². The highest BCUT2D eigenvalue weighted by Gasteiger charge is 2.69. The van der Waals surface area contributed by atoms with Crippen LogP contribution in [0.4, 0.5) is 0 Å². The average Bonchev–Trinajstić information content (AvgIpc) is 2.78. The molecule has 0 aromatic rings. The molecule has 4 heterocycles. The van der Waals surface area contributed by atoms with Gasteiger partial charge < -0.3 is 14.2 Å². The topological polar surface area (TPSA) is 46.2 Å². The molecule has 4 saturated heterocycles. The molecule has 24 heavy (non-hydrogen) atoms.